The van der Waals surface area contributed by atoms with Crippen molar-refractivity contribution in [2.24, 2.45) is 0 Å². The molecule has 0 fully saturated rings. The van der Waals surface area contributed by atoms with E-state index in [-0.39, 0.29) is 32.2 Å². The van der Waals surface area contributed by atoms with Crippen molar-refractivity contribution in [3.8, 4) is 22.8 Å². The van der Waals surface area contributed by atoms with Crippen molar-refractivity contribution >= 4 is 12.4 Å². The number of pyridine rings is 4. The van der Waals surface area contributed by atoms with Gasteiger partial charge < -0.3 is 4.98 Å². The summed E-state index contributed by atoms with van der Waals surface area (Å²) in [5.74, 6) is 0. The standard InChI is InChI=1S/2C12H12N2.C3H4N2.ClH.Os/c2*1-9-3-5-11(13-7-9)12-6-4-10(2)8-14-12;1-2-5-3-4-1;;/h2*3-8H,1-2H3;1-3H,(H,4,5);1H;/q;;;;+2. The van der Waals surface area contributed by atoms with Crippen LogP contribution in [0.1, 0.15) is 22.3 Å². The molecule has 6 nitrogen and oxygen atoms in total. The smallest absolute Gasteiger partial charge is 0.351 e. The zero-order valence-corrected chi connectivity index (χ0v) is 23.5. The van der Waals surface area contributed by atoms with Crippen LogP contribution < -0.4 is 0 Å². The Morgan fingerprint density at radius 2 is 0.829 bits per heavy atom. The molecule has 5 rings (SSSR count). The van der Waals surface area contributed by atoms with E-state index in [1.807, 2.05) is 101 Å². The third kappa shape index (κ3) is 10.3. The van der Waals surface area contributed by atoms with E-state index >= 15 is 0 Å². The molecular weight excluding hydrogens is 634 g/mol. The second-order valence-corrected chi connectivity index (χ2v) is 7.64. The molecule has 5 aromatic heterocycles. The van der Waals surface area contributed by atoms with Gasteiger partial charge >= 0.3 is 19.8 Å². The third-order valence-electron chi connectivity index (χ3n) is 4.58. The van der Waals surface area contributed by atoms with Crippen molar-refractivity contribution < 1.29 is 19.8 Å². The molecule has 8 heteroatoms. The Labute approximate surface area is 226 Å². The number of aromatic nitrogens is 6. The molecule has 5 heterocycles. The summed E-state index contributed by atoms with van der Waals surface area (Å²) >= 11 is 0. The van der Waals surface area contributed by atoms with Crippen LogP contribution in [0.2, 0.25) is 0 Å². The Kier molecular flexibility index (Phi) is 13.3. The number of nitrogens with zero attached hydrogens (tertiary/aromatic N) is 5. The maximum absolute atomic E-state index is 4.32. The van der Waals surface area contributed by atoms with Gasteiger partial charge in [-0.2, -0.15) is 0 Å². The monoisotopic (exact) mass is 664 g/mol. The van der Waals surface area contributed by atoms with Crippen molar-refractivity contribution in [3.63, 3.8) is 0 Å². The molecule has 0 amide bonds. The summed E-state index contributed by atoms with van der Waals surface area (Å²) in [6.07, 6.45) is 12.5. The van der Waals surface area contributed by atoms with E-state index in [0.717, 1.165) is 22.8 Å². The molecule has 0 atom stereocenters. The van der Waals surface area contributed by atoms with Gasteiger partial charge in [-0.1, -0.05) is 24.3 Å². The minimum atomic E-state index is 0. The van der Waals surface area contributed by atoms with Crippen molar-refractivity contribution in [2.75, 3.05) is 0 Å². The van der Waals surface area contributed by atoms with Gasteiger partial charge in [0.05, 0.1) is 29.1 Å². The summed E-state index contributed by atoms with van der Waals surface area (Å²) in [7, 11) is 0. The van der Waals surface area contributed by atoms with Crippen LogP contribution in [0.5, 0.6) is 0 Å². The second kappa shape index (κ2) is 15.6. The first-order valence-corrected chi connectivity index (χ1v) is 10.7. The molecule has 0 saturated heterocycles. The molecule has 0 saturated carbocycles. The molecule has 5 aromatic rings. The molecule has 0 aliphatic rings. The quantitative estimate of drug-likeness (QED) is 0.238. The Morgan fingerprint density at radius 1 is 0.514 bits per heavy atom. The van der Waals surface area contributed by atoms with Crippen LogP contribution in [0, 0.1) is 27.7 Å². The summed E-state index contributed by atoms with van der Waals surface area (Å²) in [6, 6.07) is 16.2. The fourth-order valence-corrected chi connectivity index (χ4v) is 2.69. The van der Waals surface area contributed by atoms with Gasteiger partial charge in [0.2, 0.25) is 0 Å². The van der Waals surface area contributed by atoms with Crippen molar-refractivity contribution in [3.05, 3.63) is 114 Å². The van der Waals surface area contributed by atoms with Gasteiger partial charge in [-0.15, -0.1) is 12.4 Å². The SMILES string of the molecule is Cc1ccc(-c2ccc(C)cn2)nc1.Cc1ccc(-c2ccc(C)cn2)nc1.Cl.[Os+2].c1c[nH]cn1. The summed E-state index contributed by atoms with van der Waals surface area (Å²) in [5, 5.41) is 0. The summed E-state index contributed by atoms with van der Waals surface area (Å²) in [6.45, 7) is 8.11. The maximum Gasteiger partial charge on any atom is 2.00 e. The Balaban J connectivity index is 0.000000279. The molecule has 0 aromatic carbocycles. The molecule has 0 bridgehead atoms. The zero-order chi connectivity index (χ0) is 23.5. The minimum absolute atomic E-state index is 0. The third-order valence-corrected chi connectivity index (χ3v) is 4.58. The molecule has 0 radical (unpaired) electrons. The number of aromatic amines is 1. The Hall–Kier alpha value is -3.26. The number of H-pyrrole nitrogens is 1. The largest absolute Gasteiger partial charge is 2.00 e. The number of hydrogen-bond donors (Lipinski definition) is 1. The predicted octanol–water partition coefficient (Wildman–Crippen LogP) is 6.35. The number of rotatable bonds is 2. The molecule has 1 N–H and O–H groups in total. The number of aryl methyl sites for hydroxylation is 4. The normalized spacial score (nSPS) is 9.26. The van der Waals surface area contributed by atoms with Crippen LogP contribution >= 0.6 is 12.4 Å². The zero-order valence-electron chi connectivity index (χ0n) is 20.2. The van der Waals surface area contributed by atoms with Crippen LogP contribution in [0.25, 0.3) is 22.8 Å². The van der Waals surface area contributed by atoms with E-state index < -0.39 is 0 Å². The fraction of sp³-hybridized carbons (Fsp3) is 0.148. The van der Waals surface area contributed by atoms with Gasteiger partial charge in [0, 0.05) is 37.2 Å². The van der Waals surface area contributed by atoms with Crippen molar-refractivity contribution in [1.29, 1.82) is 0 Å². The van der Waals surface area contributed by atoms with Crippen molar-refractivity contribution in [1.82, 2.24) is 29.9 Å². The van der Waals surface area contributed by atoms with Crippen LogP contribution in [0.4, 0.5) is 0 Å². The number of nitrogens with one attached hydrogen (secondary N) is 1. The van der Waals surface area contributed by atoms with Crippen LogP contribution in [-0.4, -0.2) is 29.9 Å². The molecule has 0 aliphatic carbocycles. The number of halogens is 1. The van der Waals surface area contributed by atoms with Crippen LogP contribution in [-0.2, 0) is 19.8 Å². The van der Waals surface area contributed by atoms with E-state index in [9.17, 15) is 0 Å². The molecule has 35 heavy (non-hydrogen) atoms. The fourth-order valence-electron chi connectivity index (χ4n) is 2.69. The van der Waals surface area contributed by atoms with Crippen molar-refractivity contribution in [2.45, 2.75) is 27.7 Å². The first kappa shape index (κ1) is 29.8. The summed E-state index contributed by atoms with van der Waals surface area (Å²) in [5.41, 5.74) is 8.38. The molecular formula is C27H29ClN6Os+2. The van der Waals surface area contributed by atoms with Gasteiger partial charge in [-0.25, -0.2) is 4.98 Å². The Bertz CT molecular complexity index is 1020. The topological polar surface area (TPSA) is 80.2 Å². The van der Waals surface area contributed by atoms with Gasteiger partial charge in [0.25, 0.3) is 0 Å². The first-order valence-electron chi connectivity index (χ1n) is 10.7. The number of hydrogen-bond acceptors (Lipinski definition) is 5. The van der Waals surface area contributed by atoms with Gasteiger partial charge in [-0.05, 0) is 74.2 Å². The van der Waals surface area contributed by atoms with E-state index in [0.29, 0.717) is 0 Å². The maximum atomic E-state index is 4.32. The van der Waals surface area contributed by atoms with E-state index in [4.69, 9.17) is 0 Å². The van der Waals surface area contributed by atoms with Gasteiger partial charge in [0.15, 0.2) is 0 Å². The molecule has 180 valence electrons. The average molecular weight is 663 g/mol. The number of imidazole rings is 1. The molecule has 0 aliphatic heterocycles. The summed E-state index contributed by atoms with van der Waals surface area (Å²) < 4.78 is 0. The van der Waals surface area contributed by atoms with E-state index in [1.54, 1.807) is 18.7 Å². The molecule has 0 unspecified atom stereocenters. The van der Waals surface area contributed by atoms with Gasteiger partial charge in [-0.3, -0.25) is 19.9 Å². The minimum Gasteiger partial charge on any atom is -0.351 e. The first-order chi connectivity index (χ1) is 16.0. The van der Waals surface area contributed by atoms with E-state index in [1.165, 1.54) is 22.3 Å². The Morgan fingerprint density at radius 3 is 0.971 bits per heavy atom. The van der Waals surface area contributed by atoms with Gasteiger partial charge in [0.1, 0.15) is 0 Å². The predicted molar refractivity (Wildman–Crippen MR) is 140 cm³/mol. The molecule has 0 spiro atoms. The summed E-state index contributed by atoms with van der Waals surface area (Å²) in [4.78, 5) is 23.7. The average Bonchev–Trinajstić information content (AvgIpc) is 3.42. The van der Waals surface area contributed by atoms with E-state index in [2.05, 4.69) is 29.9 Å². The van der Waals surface area contributed by atoms with Crippen LogP contribution in [0.15, 0.2) is 92.0 Å². The second-order valence-electron chi connectivity index (χ2n) is 7.64. The van der Waals surface area contributed by atoms with Crippen LogP contribution in [0.3, 0.4) is 0 Å².